The molecule has 0 amide bonds. The Labute approximate surface area is 134 Å². The summed E-state index contributed by atoms with van der Waals surface area (Å²) in [7, 11) is -1.07. The van der Waals surface area contributed by atoms with Crippen molar-refractivity contribution >= 4 is 16.0 Å². The van der Waals surface area contributed by atoms with Crippen molar-refractivity contribution in [3.63, 3.8) is 0 Å². The molecule has 130 valence electrons. The molecule has 22 heavy (non-hydrogen) atoms. The van der Waals surface area contributed by atoms with Crippen LogP contribution in [0.3, 0.4) is 0 Å². The molecule has 0 aromatic heterocycles. The van der Waals surface area contributed by atoms with Gasteiger partial charge in [-0.3, -0.25) is 4.99 Å². The molecule has 8 heteroatoms. The molecule has 1 unspecified atom stereocenters. The van der Waals surface area contributed by atoms with Crippen LogP contribution in [0.4, 0.5) is 0 Å². The van der Waals surface area contributed by atoms with E-state index in [1.54, 1.807) is 6.92 Å². The van der Waals surface area contributed by atoms with Gasteiger partial charge >= 0.3 is 0 Å². The molecule has 0 radical (unpaired) electrons. The van der Waals surface area contributed by atoms with E-state index in [-0.39, 0.29) is 5.75 Å². The third-order valence-electron chi connectivity index (χ3n) is 3.55. The lowest BCUT2D eigenvalue weighted by molar-refractivity contribution is 0.181. The summed E-state index contributed by atoms with van der Waals surface area (Å²) in [5, 5.41) is 3.27. The lowest BCUT2D eigenvalue weighted by atomic mass is 10.1. The zero-order chi connectivity index (χ0) is 16.4. The van der Waals surface area contributed by atoms with Crippen molar-refractivity contribution in [2.75, 3.05) is 52.2 Å². The molecule has 2 N–H and O–H groups in total. The molecular formula is C14H30N4O3S. The van der Waals surface area contributed by atoms with E-state index in [1.807, 2.05) is 14.0 Å². The van der Waals surface area contributed by atoms with Gasteiger partial charge < -0.3 is 15.0 Å². The fourth-order valence-corrected chi connectivity index (χ4v) is 2.92. The second-order valence-electron chi connectivity index (χ2n) is 5.50. The molecule has 1 aliphatic rings. The Hall–Kier alpha value is -0.860. The molecule has 1 rings (SSSR count). The second kappa shape index (κ2) is 10.0. The molecule has 1 saturated heterocycles. The molecule has 0 aromatic rings. The first-order valence-corrected chi connectivity index (χ1v) is 9.68. The second-order valence-corrected chi connectivity index (χ2v) is 7.59. The maximum Gasteiger partial charge on any atom is 0.211 e. The van der Waals surface area contributed by atoms with E-state index in [2.05, 4.69) is 19.9 Å². The van der Waals surface area contributed by atoms with E-state index in [0.29, 0.717) is 25.4 Å². The third-order valence-corrected chi connectivity index (χ3v) is 4.96. The molecule has 0 saturated carbocycles. The molecule has 7 nitrogen and oxygen atoms in total. The van der Waals surface area contributed by atoms with Gasteiger partial charge in [-0.1, -0.05) is 0 Å². The van der Waals surface area contributed by atoms with E-state index in [1.165, 1.54) is 0 Å². The van der Waals surface area contributed by atoms with Crippen molar-refractivity contribution in [2.24, 2.45) is 10.9 Å². The van der Waals surface area contributed by atoms with E-state index in [9.17, 15) is 8.42 Å². The SMILES string of the molecule is CCNC(=NCCCNS(=O)(=O)CC)N(C)CC1CCOC1. The van der Waals surface area contributed by atoms with Gasteiger partial charge in [0.2, 0.25) is 10.0 Å². The summed E-state index contributed by atoms with van der Waals surface area (Å²) in [4.78, 5) is 6.68. The summed E-state index contributed by atoms with van der Waals surface area (Å²) < 4.78 is 30.6. The normalized spacial score (nSPS) is 19.4. The Balaban J connectivity index is 2.37. The molecule has 0 aromatic carbocycles. The summed E-state index contributed by atoms with van der Waals surface area (Å²) in [6.07, 6.45) is 1.79. The summed E-state index contributed by atoms with van der Waals surface area (Å²) in [6.45, 7) is 8.11. The highest BCUT2D eigenvalue weighted by Gasteiger charge is 2.18. The quantitative estimate of drug-likeness (QED) is 0.359. The zero-order valence-corrected chi connectivity index (χ0v) is 14.8. The van der Waals surface area contributed by atoms with Crippen LogP contribution in [-0.2, 0) is 14.8 Å². The molecule has 1 aliphatic heterocycles. The lowest BCUT2D eigenvalue weighted by Crippen LogP contribution is -2.41. The smallest absolute Gasteiger partial charge is 0.211 e. The van der Waals surface area contributed by atoms with Gasteiger partial charge in [-0.05, 0) is 26.7 Å². The minimum Gasteiger partial charge on any atom is -0.381 e. The number of nitrogens with one attached hydrogen (secondary N) is 2. The minimum atomic E-state index is -3.10. The van der Waals surface area contributed by atoms with E-state index >= 15 is 0 Å². The predicted molar refractivity (Wildman–Crippen MR) is 89.6 cm³/mol. The van der Waals surface area contributed by atoms with Gasteiger partial charge in [-0.2, -0.15) is 0 Å². The van der Waals surface area contributed by atoms with Gasteiger partial charge in [-0.15, -0.1) is 0 Å². The summed E-state index contributed by atoms with van der Waals surface area (Å²) in [5.41, 5.74) is 0. The van der Waals surface area contributed by atoms with Gasteiger partial charge in [-0.25, -0.2) is 13.1 Å². The van der Waals surface area contributed by atoms with Crippen molar-refractivity contribution in [1.82, 2.24) is 14.9 Å². The average molecular weight is 334 g/mol. The zero-order valence-electron chi connectivity index (χ0n) is 14.0. The number of ether oxygens (including phenoxy) is 1. The van der Waals surface area contributed by atoms with E-state index in [0.717, 1.165) is 38.7 Å². The summed E-state index contributed by atoms with van der Waals surface area (Å²) >= 11 is 0. The number of rotatable bonds is 9. The highest BCUT2D eigenvalue weighted by atomic mass is 32.2. The number of nitrogens with zero attached hydrogens (tertiary/aromatic N) is 2. The van der Waals surface area contributed by atoms with Gasteiger partial charge in [0.1, 0.15) is 0 Å². The van der Waals surface area contributed by atoms with Gasteiger partial charge in [0.25, 0.3) is 0 Å². The molecule has 1 heterocycles. The minimum absolute atomic E-state index is 0.116. The summed E-state index contributed by atoms with van der Waals surface area (Å²) in [6, 6.07) is 0. The van der Waals surface area contributed by atoms with Crippen LogP contribution in [0.2, 0.25) is 0 Å². The Morgan fingerprint density at radius 2 is 2.18 bits per heavy atom. The molecule has 0 aliphatic carbocycles. The van der Waals surface area contributed by atoms with E-state index < -0.39 is 10.0 Å². The molecule has 0 bridgehead atoms. The van der Waals surface area contributed by atoms with Gasteiger partial charge in [0.15, 0.2) is 5.96 Å². The van der Waals surface area contributed by atoms with Crippen LogP contribution in [-0.4, -0.2) is 71.5 Å². The predicted octanol–water partition coefficient (Wildman–Crippen LogP) is 0.250. The maximum absolute atomic E-state index is 11.3. The van der Waals surface area contributed by atoms with Crippen LogP contribution >= 0.6 is 0 Å². The number of aliphatic imine (C=N–C) groups is 1. The highest BCUT2D eigenvalue weighted by molar-refractivity contribution is 7.89. The summed E-state index contributed by atoms with van der Waals surface area (Å²) in [5.74, 6) is 1.54. The molecule has 1 fully saturated rings. The van der Waals surface area contributed by atoms with Crippen LogP contribution in [0, 0.1) is 5.92 Å². The Morgan fingerprint density at radius 3 is 2.77 bits per heavy atom. The Morgan fingerprint density at radius 1 is 1.41 bits per heavy atom. The fourth-order valence-electron chi connectivity index (χ4n) is 2.26. The Bertz CT molecular complexity index is 433. The first kappa shape index (κ1) is 19.2. The number of hydrogen-bond acceptors (Lipinski definition) is 4. The van der Waals surface area contributed by atoms with Crippen molar-refractivity contribution < 1.29 is 13.2 Å². The fraction of sp³-hybridized carbons (Fsp3) is 0.929. The standard InChI is InChI=1S/C14H30N4O3S/c1-4-15-14(18(3)11-13-7-10-21-12-13)16-8-6-9-17-22(19,20)5-2/h13,17H,4-12H2,1-3H3,(H,15,16). The van der Waals surface area contributed by atoms with Crippen molar-refractivity contribution in [3.8, 4) is 0 Å². The molecule has 0 spiro atoms. The van der Waals surface area contributed by atoms with Crippen LogP contribution in [0.15, 0.2) is 4.99 Å². The van der Waals surface area contributed by atoms with Gasteiger partial charge in [0, 0.05) is 45.8 Å². The van der Waals surface area contributed by atoms with Crippen LogP contribution in [0.5, 0.6) is 0 Å². The number of guanidine groups is 1. The third kappa shape index (κ3) is 7.42. The van der Waals surface area contributed by atoms with Crippen molar-refractivity contribution in [3.05, 3.63) is 0 Å². The monoisotopic (exact) mass is 334 g/mol. The highest BCUT2D eigenvalue weighted by Crippen LogP contribution is 2.13. The average Bonchev–Trinajstić information content (AvgIpc) is 2.98. The van der Waals surface area contributed by atoms with Gasteiger partial charge in [0.05, 0.1) is 12.4 Å². The molecule has 1 atom stereocenters. The number of sulfonamides is 1. The van der Waals surface area contributed by atoms with Crippen LogP contribution < -0.4 is 10.0 Å². The lowest BCUT2D eigenvalue weighted by Gasteiger charge is -2.24. The van der Waals surface area contributed by atoms with Crippen LogP contribution in [0.25, 0.3) is 0 Å². The van der Waals surface area contributed by atoms with Crippen molar-refractivity contribution in [2.45, 2.75) is 26.7 Å². The maximum atomic E-state index is 11.3. The van der Waals surface area contributed by atoms with E-state index in [4.69, 9.17) is 4.74 Å². The largest absolute Gasteiger partial charge is 0.381 e. The first-order chi connectivity index (χ1) is 10.5. The topological polar surface area (TPSA) is 83.0 Å². The number of hydrogen-bond donors (Lipinski definition) is 2. The Kier molecular flexibility index (Phi) is 8.74. The molecular weight excluding hydrogens is 304 g/mol. The van der Waals surface area contributed by atoms with Crippen molar-refractivity contribution in [1.29, 1.82) is 0 Å². The van der Waals surface area contributed by atoms with Crippen LogP contribution in [0.1, 0.15) is 26.7 Å². The first-order valence-electron chi connectivity index (χ1n) is 8.03.